The van der Waals surface area contributed by atoms with E-state index in [0.717, 1.165) is 0 Å². The van der Waals surface area contributed by atoms with Crippen LogP contribution in [0.3, 0.4) is 0 Å². The second-order valence-electron chi connectivity index (χ2n) is 4.42. The minimum atomic E-state index is -0.612. The monoisotopic (exact) mass is 316 g/mol. The molecule has 0 spiro atoms. The maximum absolute atomic E-state index is 12.3. The van der Waals surface area contributed by atoms with Crippen LogP contribution in [0.4, 0.5) is 5.69 Å². The van der Waals surface area contributed by atoms with Crippen molar-refractivity contribution in [3.63, 3.8) is 0 Å². The van der Waals surface area contributed by atoms with Crippen molar-refractivity contribution in [1.29, 1.82) is 0 Å². The van der Waals surface area contributed by atoms with E-state index in [1.54, 1.807) is 24.3 Å². The fraction of sp³-hybridized carbons (Fsp3) is 0.188. The Morgan fingerprint density at radius 1 is 1.00 bits per heavy atom. The summed E-state index contributed by atoms with van der Waals surface area (Å²) < 4.78 is 14.9. The van der Waals surface area contributed by atoms with Gasteiger partial charge in [-0.25, -0.2) is 9.78 Å². The van der Waals surface area contributed by atoms with Crippen LogP contribution in [-0.2, 0) is 4.74 Å². The number of nitrogens with zero attached hydrogens (tertiary/aromatic N) is 1. The van der Waals surface area contributed by atoms with Crippen LogP contribution in [0.25, 0.3) is 0 Å². The maximum Gasteiger partial charge on any atom is 0.356 e. The van der Waals surface area contributed by atoms with E-state index in [0.29, 0.717) is 17.2 Å². The lowest BCUT2D eigenvalue weighted by atomic mass is 10.2. The topological polar surface area (TPSA) is 86.8 Å². The molecule has 0 saturated heterocycles. The van der Waals surface area contributed by atoms with Crippen molar-refractivity contribution in [2.75, 3.05) is 26.6 Å². The number of rotatable bonds is 5. The van der Waals surface area contributed by atoms with Gasteiger partial charge in [0.15, 0.2) is 0 Å². The van der Waals surface area contributed by atoms with Crippen molar-refractivity contribution in [1.82, 2.24) is 4.98 Å². The average molecular weight is 316 g/mol. The Hall–Kier alpha value is -3.09. The number of benzene rings is 1. The number of methoxy groups -OCH3 is 3. The highest BCUT2D eigenvalue weighted by Crippen LogP contribution is 2.29. The summed E-state index contributed by atoms with van der Waals surface area (Å²) in [4.78, 5) is 27.8. The molecule has 2 rings (SSSR count). The van der Waals surface area contributed by atoms with Crippen LogP contribution in [0.2, 0.25) is 0 Å². The van der Waals surface area contributed by atoms with Gasteiger partial charge in [0.25, 0.3) is 5.91 Å². The molecule has 0 aliphatic rings. The molecule has 0 aliphatic heterocycles. The molecule has 1 heterocycles. The van der Waals surface area contributed by atoms with Gasteiger partial charge in [-0.05, 0) is 24.3 Å². The first-order chi connectivity index (χ1) is 11.1. The molecule has 7 nitrogen and oxygen atoms in total. The van der Waals surface area contributed by atoms with Crippen molar-refractivity contribution < 1.29 is 23.8 Å². The third kappa shape index (κ3) is 3.76. The van der Waals surface area contributed by atoms with Crippen molar-refractivity contribution in [3.05, 3.63) is 47.8 Å². The largest absolute Gasteiger partial charge is 0.497 e. The molecule has 0 aliphatic carbocycles. The molecule has 0 atom stereocenters. The Morgan fingerprint density at radius 3 is 2.39 bits per heavy atom. The minimum Gasteiger partial charge on any atom is -0.497 e. The standard InChI is InChI=1S/C16H16N2O5/c1-21-10-7-8-14(22-2)13(9-10)18-15(19)11-5-4-6-12(17-11)16(20)23-3/h4-9H,1-3H3,(H,18,19). The summed E-state index contributed by atoms with van der Waals surface area (Å²) in [6.07, 6.45) is 0. The number of esters is 1. The molecule has 1 N–H and O–H groups in total. The fourth-order valence-electron chi connectivity index (χ4n) is 1.88. The van der Waals surface area contributed by atoms with Crippen LogP contribution in [0.1, 0.15) is 21.0 Å². The van der Waals surface area contributed by atoms with E-state index in [-0.39, 0.29) is 11.4 Å². The molecule has 0 fully saturated rings. The quantitative estimate of drug-likeness (QED) is 0.850. The number of hydrogen-bond donors (Lipinski definition) is 1. The predicted molar refractivity (Wildman–Crippen MR) is 83.1 cm³/mol. The van der Waals surface area contributed by atoms with Crippen LogP contribution in [0.5, 0.6) is 11.5 Å². The Labute approximate surface area is 133 Å². The first-order valence-corrected chi connectivity index (χ1v) is 6.67. The lowest BCUT2D eigenvalue weighted by Crippen LogP contribution is -2.16. The Kier molecular flexibility index (Phi) is 5.14. The molecule has 23 heavy (non-hydrogen) atoms. The third-order valence-electron chi connectivity index (χ3n) is 3.03. The summed E-state index contributed by atoms with van der Waals surface area (Å²) in [5.74, 6) is -0.0541. The van der Waals surface area contributed by atoms with Gasteiger partial charge in [-0.15, -0.1) is 0 Å². The number of anilines is 1. The van der Waals surface area contributed by atoms with Gasteiger partial charge in [0, 0.05) is 6.07 Å². The van der Waals surface area contributed by atoms with E-state index in [2.05, 4.69) is 15.0 Å². The van der Waals surface area contributed by atoms with Gasteiger partial charge in [-0.1, -0.05) is 6.07 Å². The molecule has 0 radical (unpaired) electrons. The van der Waals surface area contributed by atoms with Gasteiger partial charge in [0.05, 0.1) is 27.0 Å². The number of pyridine rings is 1. The number of ether oxygens (including phenoxy) is 3. The molecule has 0 bridgehead atoms. The van der Waals surface area contributed by atoms with Crippen LogP contribution in [-0.4, -0.2) is 38.2 Å². The molecule has 1 aromatic heterocycles. The summed E-state index contributed by atoms with van der Waals surface area (Å²) in [6, 6.07) is 9.53. The summed E-state index contributed by atoms with van der Waals surface area (Å²) in [5.41, 5.74) is 0.567. The highest BCUT2D eigenvalue weighted by molar-refractivity contribution is 6.04. The number of carbonyl (C=O) groups excluding carboxylic acids is 2. The predicted octanol–water partition coefficient (Wildman–Crippen LogP) is 2.14. The number of nitrogens with one attached hydrogen (secondary N) is 1. The summed E-state index contributed by atoms with van der Waals surface area (Å²) in [7, 11) is 4.26. The molecule has 0 saturated carbocycles. The van der Waals surface area contributed by atoms with Gasteiger partial charge in [0.2, 0.25) is 0 Å². The Bertz CT molecular complexity index is 730. The van der Waals surface area contributed by atoms with Gasteiger partial charge in [0.1, 0.15) is 22.9 Å². The van der Waals surface area contributed by atoms with Crippen LogP contribution >= 0.6 is 0 Å². The lowest BCUT2D eigenvalue weighted by molar-refractivity contribution is 0.0594. The minimum absolute atomic E-state index is 0.0535. The zero-order chi connectivity index (χ0) is 16.8. The Morgan fingerprint density at radius 2 is 1.74 bits per heavy atom. The zero-order valence-electron chi connectivity index (χ0n) is 13.0. The van der Waals surface area contributed by atoms with E-state index in [1.807, 2.05) is 0 Å². The van der Waals surface area contributed by atoms with Crippen molar-refractivity contribution in [2.45, 2.75) is 0 Å². The zero-order valence-corrected chi connectivity index (χ0v) is 13.0. The first-order valence-electron chi connectivity index (χ1n) is 6.67. The van der Waals surface area contributed by atoms with E-state index in [1.165, 1.54) is 33.5 Å². The first kappa shape index (κ1) is 16.3. The van der Waals surface area contributed by atoms with E-state index in [4.69, 9.17) is 9.47 Å². The summed E-state index contributed by atoms with van der Waals surface area (Å²) in [5, 5.41) is 2.68. The molecule has 120 valence electrons. The maximum atomic E-state index is 12.3. The summed E-state index contributed by atoms with van der Waals surface area (Å²) in [6.45, 7) is 0. The lowest BCUT2D eigenvalue weighted by Gasteiger charge is -2.11. The van der Waals surface area contributed by atoms with Crippen LogP contribution in [0.15, 0.2) is 36.4 Å². The molecule has 2 aromatic rings. The number of amides is 1. The van der Waals surface area contributed by atoms with Crippen molar-refractivity contribution >= 4 is 17.6 Å². The highest BCUT2D eigenvalue weighted by Gasteiger charge is 2.15. The van der Waals surface area contributed by atoms with Gasteiger partial charge in [-0.3, -0.25) is 4.79 Å². The average Bonchev–Trinajstić information content (AvgIpc) is 2.60. The second-order valence-corrected chi connectivity index (χ2v) is 4.42. The number of carbonyl (C=O) groups is 2. The fourth-order valence-corrected chi connectivity index (χ4v) is 1.88. The van der Waals surface area contributed by atoms with Gasteiger partial charge in [-0.2, -0.15) is 0 Å². The van der Waals surface area contributed by atoms with E-state index < -0.39 is 11.9 Å². The molecule has 0 unspecified atom stereocenters. The number of aromatic nitrogens is 1. The van der Waals surface area contributed by atoms with Crippen molar-refractivity contribution in [2.24, 2.45) is 0 Å². The molecule has 1 aromatic carbocycles. The normalized spacial score (nSPS) is 9.87. The van der Waals surface area contributed by atoms with Gasteiger partial charge < -0.3 is 19.5 Å². The third-order valence-corrected chi connectivity index (χ3v) is 3.03. The molecular formula is C16H16N2O5. The Balaban J connectivity index is 2.27. The van der Waals surface area contributed by atoms with E-state index in [9.17, 15) is 9.59 Å². The molecule has 7 heteroatoms. The highest BCUT2D eigenvalue weighted by atomic mass is 16.5. The molecule has 1 amide bonds. The SMILES string of the molecule is COC(=O)c1cccc(C(=O)Nc2cc(OC)ccc2OC)n1. The number of hydrogen-bond acceptors (Lipinski definition) is 6. The van der Waals surface area contributed by atoms with Crippen molar-refractivity contribution in [3.8, 4) is 11.5 Å². The smallest absolute Gasteiger partial charge is 0.356 e. The second kappa shape index (κ2) is 7.26. The van der Waals surface area contributed by atoms with Crippen LogP contribution in [0, 0.1) is 0 Å². The molecular weight excluding hydrogens is 300 g/mol. The van der Waals surface area contributed by atoms with Crippen LogP contribution < -0.4 is 14.8 Å². The van der Waals surface area contributed by atoms with E-state index >= 15 is 0 Å². The van der Waals surface area contributed by atoms with Gasteiger partial charge >= 0.3 is 5.97 Å². The summed E-state index contributed by atoms with van der Waals surface area (Å²) >= 11 is 0.